The number of nitrogens with zero attached hydrogens (tertiary/aromatic N) is 3. The highest BCUT2D eigenvalue weighted by Gasteiger charge is 2.22. The number of aliphatic hydroxyl groups is 1. The Hall–Kier alpha value is -1.20. The first-order valence-corrected chi connectivity index (χ1v) is 5.20. The fraction of sp³-hybridized carbons (Fsp3) is 0.600. The molecule has 0 bridgehead atoms. The van der Waals surface area contributed by atoms with Gasteiger partial charge in [-0.2, -0.15) is 0 Å². The standard InChI is InChI=1S/C10H16N4O/c11-3-9-4-13-10(5-12-9)14-2-1-8(6-14)7-15/h4-5,8,15H,1-3,6-7,11H2. The van der Waals surface area contributed by atoms with Crippen LogP contribution >= 0.6 is 0 Å². The zero-order valence-electron chi connectivity index (χ0n) is 8.63. The zero-order chi connectivity index (χ0) is 10.7. The van der Waals surface area contributed by atoms with E-state index < -0.39 is 0 Å². The van der Waals surface area contributed by atoms with Gasteiger partial charge in [0.2, 0.25) is 0 Å². The van der Waals surface area contributed by atoms with Gasteiger partial charge in [-0.1, -0.05) is 0 Å². The Bertz CT molecular complexity index is 314. The van der Waals surface area contributed by atoms with Crippen LogP contribution in [0.25, 0.3) is 0 Å². The second kappa shape index (κ2) is 4.55. The van der Waals surface area contributed by atoms with Crippen LogP contribution in [0.4, 0.5) is 5.82 Å². The molecule has 5 heteroatoms. The Morgan fingerprint density at radius 3 is 2.87 bits per heavy atom. The van der Waals surface area contributed by atoms with Gasteiger partial charge in [0.15, 0.2) is 0 Å². The highest BCUT2D eigenvalue weighted by Crippen LogP contribution is 2.20. The molecule has 15 heavy (non-hydrogen) atoms. The third-order valence-electron chi connectivity index (χ3n) is 2.77. The van der Waals surface area contributed by atoms with E-state index in [1.807, 2.05) is 0 Å². The van der Waals surface area contributed by atoms with Crippen molar-refractivity contribution >= 4 is 5.82 Å². The van der Waals surface area contributed by atoms with E-state index in [0.717, 1.165) is 31.0 Å². The van der Waals surface area contributed by atoms with Crippen LogP contribution in [0.3, 0.4) is 0 Å². The number of anilines is 1. The molecular weight excluding hydrogens is 192 g/mol. The number of aliphatic hydroxyl groups excluding tert-OH is 1. The molecule has 1 aromatic heterocycles. The van der Waals surface area contributed by atoms with E-state index in [1.165, 1.54) is 0 Å². The van der Waals surface area contributed by atoms with Crippen LogP contribution in [0.2, 0.25) is 0 Å². The van der Waals surface area contributed by atoms with Gasteiger partial charge >= 0.3 is 0 Å². The summed E-state index contributed by atoms with van der Waals surface area (Å²) in [5, 5.41) is 9.03. The van der Waals surface area contributed by atoms with E-state index in [4.69, 9.17) is 10.8 Å². The SMILES string of the molecule is NCc1cnc(N2CCC(CO)C2)cn1. The summed E-state index contributed by atoms with van der Waals surface area (Å²) in [5.74, 6) is 1.25. The summed E-state index contributed by atoms with van der Waals surface area (Å²) >= 11 is 0. The van der Waals surface area contributed by atoms with Gasteiger partial charge in [0.1, 0.15) is 5.82 Å². The highest BCUT2D eigenvalue weighted by molar-refractivity contribution is 5.37. The van der Waals surface area contributed by atoms with Crippen molar-refractivity contribution in [2.45, 2.75) is 13.0 Å². The van der Waals surface area contributed by atoms with Crippen LogP contribution in [0.1, 0.15) is 12.1 Å². The molecule has 1 unspecified atom stereocenters. The molecule has 1 atom stereocenters. The lowest BCUT2D eigenvalue weighted by molar-refractivity contribution is 0.238. The maximum Gasteiger partial charge on any atom is 0.147 e. The van der Waals surface area contributed by atoms with Gasteiger partial charge in [-0.25, -0.2) is 4.98 Å². The molecular formula is C10H16N4O. The van der Waals surface area contributed by atoms with Crippen LogP contribution in [-0.4, -0.2) is 34.8 Å². The third-order valence-corrected chi connectivity index (χ3v) is 2.77. The first-order chi connectivity index (χ1) is 7.33. The molecule has 2 heterocycles. The minimum absolute atomic E-state index is 0.255. The Balaban J connectivity index is 2.04. The topological polar surface area (TPSA) is 75.3 Å². The molecule has 0 aliphatic carbocycles. The predicted octanol–water partition coefficient (Wildman–Crippen LogP) is -0.246. The van der Waals surface area contributed by atoms with Crippen molar-refractivity contribution in [3.05, 3.63) is 18.1 Å². The van der Waals surface area contributed by atoms with Crippen LogP contribution < -0.4 is 10.6 Å². The average Bonchev–Trinajstić information content (AvgIpc) is 2.78. The number of aromatic nitrogens is 2. The minimum atomic E-state index is 0.255. The summed E-state index contributed by atoms with van der Waals surface area (Å²) in [4.78, 5) is 10.7. The molecule has 2 rings (SSSR count). The Morgan fingerprint density at radius 2 is 2.33 bits per heavy atom. The normalized spacial score (nSPS) is 20.9. The molecule has 5 nitrogen and oxygen atoms in total. The van der Waals surface area contributed by atoms with Crippen molar-refractivity contribution in [1.82, 2.24) is 9.97 Å². The third kappa shape index (κ3) is 2.24. The molecule has 3 N–H and O–H groups in total. The minimum Gasteiger partial charge on any atom is -0.396 e. The summed E-state index contributed by atoms with van der Waals surface area (Å²) in [5.41, 5.74) is 6.25. The van der Waals surface area contributed by atoms with E-state index in [9.17, 15) is 0 Å². The van der Waals surface area contributed by atoms with Crippen molar-refractivity contribution in [2.24, 2.45) is 11.7 Å². The lowest BCUT2D eigenvalue weighted by atomic mass is 10.1. The van der Waals surface area contributed by atoms with Crippen molar-refractivity contribution in [2.75, 3.05) is 24.6 Å². The summed E-state index contributed by atoms with van der Waals surface area (Å²) in [6, 6.07) is 0. The van der Waals surface area contributed by atoms with Crippen molar-refractivity contribution in [3.63, 3.8) is 0 Å². The smallest absolute Gasteiger partial charge is 0.147 e. The van der Waals surface area contributed by atoms with Crippen molar-refractivity contribution in [1.29, 1.82) is 0 Å². The molecule has 1 aromatic rings. The van der Waals surface area contributed by atoms with Crippen LogP contribution in [0.15, 0.2) is 12.4 Å². The lowest BCUT2D eigenvalue weighted by Crippen LogP contribution is -2.22. The lowest BCUT2D eigenvalue weighted by Gasteiger charge is -2.16. The van der Waals surface area contributed by atoms with Crippen molar-refractivity contribution in [3.8, 4) is 0 Å². The van der Waals surface area contributed by atoms with Gasteiger partial charge in [-0.3, -0.25) is 4.98 Å². The zero-order valence-corrected chi connectivity index (χ0v) is 8.63. The molecule has 0 radical (unpaired) electrons. The van der Waals surface area contributed by atoms with Gasteiger partial charge in [0, 0.05) is 32.2 Å². The molecule has 0 aromatic carbocycles. The Labute approximate surface area is 88.9 Å². The number of hydrogen-bond acceptors (Lipinski definition) is 5. The van der Waals surface area contributed by atoms with E-state index in [0.29, 0.717) is 12.5 Å². The molecule has 82 valence electrons. The molecule has 0 saturated carbocycles. The van der Waals surface area contributed by atoms with Crippen molar-refractivity contribution < 1.29 is 5.11 Å². The second-order valence-corrected chi connectivity index (χ2v) is 3.85. The molecule has 1 aliphatic heterocycles. The largest absolute Gasteiger partial charge is 0.396 e. The molecule has 0 amide bonds. The van der Waals surface area contributed by atoms with Gasteiger partial charge in [-0.15, -0.1) is 0 Å². The molecule has 1 saturated heterocycles. The summed E-state index contributed by atoms with van der Waals surface area (Å²) in [6.45, 7) is 2.49. The fourth-order valence-corrected chi connectivity index (χ4v) is 1.81. The van der Waals surface area contributed by atoms with E-state index in [-0.39, 0.29) is 6.61 Å². The fourth-order valence-electron chi connectivity index (χ4n) is 1.81. The first kappa shape index (κ1) is 10.3. The van der Waals surface area contributed by atoms with Gasteiger partial charge in [0.05, 0.1) is 18.1 Å². The number of nitrogens with two attached hydrogens (primary N) is 1. The second-order valence-electron chi connectivity index (χ2n) is 3.85. The highest BCUT2D eigenvalue weighted by atomic mass is 16.3. The maximum atomic E-state index is 9.03. The van der Waals surface area contributed by atoms with Crippen LogP contribution in [0.5, 0.6) is 0 Å². The predicted molar refractivity (Wildman–Crippen MR) is 57.3 cm³/mol. The summed E-state index contributed by atoms with van der Waals surface area (Å²) in [7, 11) is 0. The van der Waals surface area contributed by atoms with E-state index >= 15 is 0 Å². The maximum absolute atomic E-state index is 9.03. The van der Waals surface area contributed by atoms with Gasteiger partial charge < -0.3 is 15.7 Å². The van der Waals surface area contributed by atoms with Crippen LogP contribution in [-0.2, 0) is 6.54 Å². The molecule has 1 aliphatic rings. The first-order valence-electron chi connectivity index (χ1n) is 5.20. The summed E-state index contributed by atoms with van der Waals surface area (Å²) < 4.78 is 0. The van der Waals surface area contributed by atoms with Crippen LogP contribution in [0, 0.1) is 5.92 Å². The Morgan fingerprint density at radius 1 is 1.47 bits per heavy atom. The van der Waals surface area contributed by atoms with E-state index in [2.05, 4.69) is 14.9 Å². The number of rotatable bonds is 3. The molecule has 0 spiro atoms. The Kier molecular flexibility index (Phi) is 3.13. The number of hydrogen-bond donors (Lipinski definition) is 2. The molecule has 1 fully saturated rings. The average molecular weight is 208 g/mol. The quantitative estimate of drug-likeness (QED) is 0.716. The van der Waals surface area contributed by atoms with Gasteiger partial charge in [-0.05, 0) is 6.42 Å². The summed E-state index contributed by atoms with van der Waals surface area (Å²) in [6.07, 6.45) is 4.49. The van der Waals surface area contributed by atoms with Gasteiger partial charge in [0.25, 0.3) is 0 Å². The monoisotopic (exact) mass is 208 g/mol. The van der Waals surface area contributed by atoms with E-state index in [1.54, 1.807) is 12.4 Å².